The molecule has 0 aliphatic heterocycles. The van der Waals surface area contributed by atoms with E-state index in [0.717, 1.165) is 28.1 Å². The first-order valence-corrected chi connectivity index (χ1v) is 9.84. The average Bonchev–Trinajstić information content (AvgIpc) is 3.27. The zero-order chi connectivity index (χ0) is 22.3. The van der Waals surface area contributed by atoms with Gasteiger partial charge in [0, 0.05) is 11.6 Å². The Morgan fingerprint density at radius 1 is 0.875 bits per heavy atom. The fraction of sp³-hybridized carbons (Fsp3) is 0.125. The van der Waals surface area contributed by atoms with Crippen molar-refractivity contribution in [1.82, 2.24) is 15.0 Å². The predicted molar refractivity (Wildman–Crippen MR) is 112 cm³/mol. The second-order valence-corrected chi connectivity index (χ2v) is 6.94. The number of esters is 1. The fourth-order valence-corrected chi connectivity index (χ4v) is 2.97. The predicted octanol–water partition coefficient (Wildman–Crippen LogP) is 4.55. The molecule has 0 spiro atoms. The van der Waals surface area contributed by atoms with E-state index in [9.17, 15) is 13.6 Å². The summed E-state index contributed by atoms with van der Waals surface area (Å²) in [7, 11) is 0. The highest BCUT2D eigenvalue weighted by Gasteiger charge is 2.16. The molecule has 0 saturated heterocycles. The molecule has 32 heavy (non-hydrogen) atoms. The molecule has 0 N–H and O–H groups in total. The van der Waals surface area contributed by atoms with E-state index in [1.165, 1.54) is 6.20 Å². The monoisotopic (exact) mass is 435 g/mol. The summed E-state index contributed by atoms with van der Waals surface area (Å²) in [4.78, 5) is 13.1. The highest BCUT2D eigenvalue weighted by Crippen LogP contribution is 2.28. The zero-order valence-electron chi connectivity index (χ0n) is 16.9. The third-order valence-electron chi connectivity index (χ3n) is 4.58. The summed E-state index contributed by atoms with van der Waals surface area (Å²) in [6.07, 6.45) is 1.26. The number of carbonyl (C=O) groups is 1. The molecule has 0 saturated carbocycles. The SMILES string of the molecule is O=C(Cn1ncc(-c2cc(F)c(OCc3ccccc3)cc2F)n1)OCc1ccccc1. The molecule has 4 rings (SSSR count). The van der Waals surface area contributed by atoms with Crippen molar-refractivity contribution >= 4 is 5.97 Å². The van der Waals surface area contributed by atoms with Crippen molar-refractivity contribution in [3.8, 4) is 17.0 Å². The molecular formula is C24H19F2N3O3. The number of benzene rings is 3. The van der Waals surface area contributed by atoms with Crippen molar-refractivity contribution < 1.29 is 23.0 Å². The van der Waals surface area contributed by atoms with Gasteiger partial charge < -0.3 is 9.47 Å². The van der Waals surface area contributed by atoms with Crippen LogP contribution in [-0.4, -0.2) is 21.0 Å². The zero-order valence-corrected chi connectivity index (χ0v) is 16.9. The van der Waals surface area contributed by atoms with Crippen LogP contribution in [0.3, 0.4) is 0 Å². The highest BCUT2D eigenvalue weighted by molar-refractivity contribution is 5.69. The quantitative estimate of drug-likeness (QED) is 0.380. The maximum absolute atomic E-state index is 14.6. The number of carbonyl (C=O) groups excluding carboxylic acids is 1. The molecule has 0 fully saturated rings. The smallest absolute Gasteiger partial charge is 0.329 e. The maximum atomic E-state index is 14.6. The van der Waals surface area contributed by atoms with Crippen LogP contribution in [0.2, 0.25) is 0 Å². The maximum Gasteiger partial charge on any atom is 0.329 e. The van der Waals surface area contributed by atoms with Crippen molar-refractivity contribution in [2.24, 2.45) is 0 Å². The summed E-state index contributed by atoms with van der Waals surface area (Å²) in [5.41, 5.74) is 1.69. The first-order valence-electron chi connectivity index (χ1n) is 9.84. The van der Waals surface area contributed by atoms with Gasteiger partial charge in [-0.3, -0.25) is 0 Å². The first kappa shape index (κ1) is 21.2. The van der Waals surface area contributed by atoms with Crippen LogP contribution in [-0.2, 0) is 29.3 Å². The Labute approximate surface area is 183 Å². The van der Waals surface area contributed by atoms with Gasteiger partial charge in [0.15, 0.2) is 18.1 Å². The molecule has 0 aliphatic carbocycles. The average molecular weight is 435 g/mol. The molecule has 0 bridgehead atoms. The number of halogens is 2. The largest absolute Gasteiger partial charge is 0.486 e. The van der Waals surface area contributed by atoms with Crippen molar-refractivity contribution in [2.75, 3.05) is 0 Å². The minimum Gasteiger partial charge on any atom is -0.486 e. The van der Waals surface area contributed by atoms with Gasteiger partial charge in [-0.25, -0.2) is 13.6 Å². The number of rotatable bonds is 8. The van der Waals surface area contributed by atoms with Crippen LogP contribution in [0.15, 0.2) is 79.0 Å². The van der Waals surface area contributed by atoms with E-state index in [2.05, 4.69) is 10.2 Å². The van der Waals surface area contributed by atoms with E-state index < -0.39 is 17.6 Å². The molecule has 1 heterocycles. The lowest BCUT2D eigenvalue weighted by Crippen LogP contribution is -2.15. The second-order valence-electron chi connectivity index (χ2n) is 6.94. The number of ether oxygens (including phenoxy) is 2. The van der Waals surface area contributed by atoms with Gasteiger partial charge in [-0.1, -0.05) is 60.7 Å². The minimum absolute atomic E-state index is 0.0848. The summed E-state index contributed by atoms with van der Waals surface area (Å²) < 4.78 is 39.7. The van der Waals surface area contributed by atoms with E-state index in [4.69, 9.17) is 9.47 Å². The number of hydrogen-bond acceptors (Lipinski definition) is 5. The third kappa shape index (κ3) is 5.34. The fourth-order valence-electron chi connectivity index (χ4n) is 2.97. The van der Waals surface area contributed by atoms with E-state index in [0.29, 0.717) is 0 Å². The van der Waals surface area contributed by atoms with Crippen molar-refractivity contribution in [2.45, 2.75) is 19.8 Å². The van der Waals surface area contributed by atoms with Gasteiger partial charge >= 0.3 is 5.97 Å². The number of aromatic nitrogens is 3. The number of hydrogen-bond donors (Lipinski definition) is 0. The Morgan fingerprint density at radius 3 is 2.22 bits per heavy atom. The van der Waals surface area contributed by atoms with Crippen molar-refractivity contribution in [1.29, 1.82) is 0 Å². The molecule has 0 amide bonds. The molecule has 6 nitrogen and oxygen atoms in total. The highest BCUT2D eigenvalue weighted by atomic mass is 19.1. The van der Waals surface area contributed by atoms with E-state index in [1.807, 2.05) is 60.7 Å². The lowest BCUT2D eigenvalue weighted by Gasteiger charge is -2.09. The molecule has 0 unspecified atom stereocenters. The third-order valence-corrected chi connectivity index (χ3v) is 4.58. The minimum atomic E-state index is -0.728. The Morgan fingerprint density at radius 2 is 1.53 bits per heavy atom. The molecule has 8 heteroatoms. The molecule has 3 aromatic carbocycles. The first-order chi connectivity index (χ1) is 15.6. The van der Waals surface area contributed by atoms with Gasteiger partial charge in [-0.2, -0.15) is 15.0 Å². The van der Waals surface area contributed by atoms with Gasteiger partial charge in [0.2, 0.25) is 0 Å². The van der Waals surface area contributed by atoms with Gasteiger partial charge in [-0.05, 0) is 17.2 Å². The van der Waals surface area contributed by atoms with Gasteiger partial charge in [0.05, 0.1) is 6.20 Å². The van der Waals surface area contributed by atoms with Gasteiger partial charge in [0.25, 0.3) is 0 Å². The van der Waals surface area contributed by atoms with Crippen LogP contribution in [0.5, 0.6) is 5.75 Å². The Balaban J connectivity index is 1.39. The van der Waals surface area contributed by atoms with Crippen LogP contribution in [0.4, 0.5) is 8.78 Å². The molecular weight excluding hydrogens is 416 g/mol. The van der Waals surface area contributed by atoms with Gasteiger partial charge in [0.1, 0.15) is 24.7 Å². The standard InChI is InChI=1S/C24H19F2N3O3/c25-20-12-23(31-15-17-7-3-1-4-8-17)21(26)11-19(20)22-13-27-29(28-22)14-24(30)32-16-18-9-5-2-6-10-18/h1-13H,14-16H2. The van der Waals surface area contributed by atoms with Crippen LogP contribution in [0, 0.1) is 11.6 Å². The normalized spacial score (nSPS) is 10.7. The van der Waals surface area contributed by atoms with E-state index in [-0.39, 0.29) is 36.8 Å². The number of nitrogens with zero attached hydrogens (tertiary/aromatic N) is 3. The molecule has 4 aromatic rings. The topological polar surface area (TPSA) is 66.2 Å². The summed E-state index contributed by atoms with van der Waals surface area (Å²) in [6.45, 7) is -0.0227. The molecule has 0 atom stereocenters. The van der Waals surface area contributed by atoms with Crippen molar-refractivity contribution in [3.63, 3.8) is 0 Å². The van der Waals surface area contributed by atoms with Crippen LogP contribution < -0.4 is 4.74 Å². The lowest BCUT2D eigenvalue weighted by molar-refractivity contribution is -0.146. The summed E-state index contributed by atoms with van der Waals surface area (Å²) in [6, 6.07) is 20.4. The van der Waals surface area contributed by atoms with E-state index in [1.54, 1.807) is 0 Å². The second kappa shape index (κ2) is 9.82. The molecule has 0 radical (unpaired) electrons. The molecule has 162 valence electrons. The summed E-state index contributed by atoms with van der Waals surface area (Å²) in [5, 5.41) is 8.00. The van der Waals surface area contributed by atoms with Crippen LogP contribution >= 0.6 is 0 Å². The summed E-state index contributed by atoms with van der Waals surface area (Å²) in [5.74, 6) is -2.19. The Bertz CT molecular complexity index is 1200. The molecule has 1 aromatic heterocycles. The molecule has 0 aliphatic rings. The lowest BCUT2D eigenvalue weighted by atomic mass is 10.1. The van der Waals surface area contributed by atoms with Gasteiger partial charge in [-0.15, -0.1) is 0 Å². The summed E-state index contributed by atoms with van der Waals surface area (Å²) >= 11 is 0. The van der Waals surface area contributed by atoms with Crippen LogP contribution in [0.1, 0.15) is 11.1 Å². The Kier molecular flexibility index (Phi) is 6.50. The van der Waals surface area contributed by atoms with E-state index >= 15 is 0 Å². The van der Waals surface area contributed by atoms with Crippen LogP contribution in [0.25, 0.3) is 11.3 Å². The Hall–Kier alpha value is -4.07. The van der Waals surface area contributed by atoms with Crippen molar-refractivity contribution in [3.05, 3.63) is 102 Å².